The second kappa shape index (κ2) is 6.59. The van der Waals surface area contributed by atoms with Crippen molar-refractivity contribution in [2.45, 2.75) is 13.1 Å². The van der Waals surface area contributed by atoms with Crippen LogP contribution in [0.15, 0.2) is 48.5 Å². The van der Waals surface area contributed by atoms with E-state index in [0.717, 1.165) is 17.7 Å². The molecule has 2 rings (SSSR count). The van der Waals surface area contributed by atoms with Crippen LogP contribution in [0.25, 0.3) is 0 Å². The van der Waals surface area contributed by atoms with Gasteiger partial charge in [0.15, 0.2) is 0 Å². The lowest BCUT2D eigenvalue weighted by Crippen LogP contribution is -2.18. The lowest BCUT2D eigenvalue weighted by molar-refractivity contribution is 0.313. The van der Waals surface area contributed by atoms with Gasteiger partial charge in [-0.1, -0.05) is 54.7 Å². The Labute approximate surface area is 124 Å². The monoisotopic (exact) mass is 288 g/mol. The van der Waals surface area contributed by atoms with E-state index < -0.39 is 0 Å². The van der Waals surface area contributed by atoms with Crippen molar-refractivity contribution in [3.05, 3.63) is 71.0 Å². The number of benzene rings is 2. The van der Waals surface area contributed by atoms with E-state index in [1.165, 1.54) is 6.07 Å². The highest BCUT2D eigenvalue weighted by Gasteiger charge is 2.06. The molecule has 0 unspecified atom stereocenters. The molecule has 2 aromatic rings. The van der Waals surface area contributed by atoms with Gasteiger partial charge in [0.1, 0.15) is 10.8 Å². The van der Waals surface area contributed by atoms with Crippen molar-refractivity contribution in [3.8, 4) is 0 Å². The topological polar surface area (TPSA) is 29.3 Å². The summed E-state index contributed by atoms with van der Waals surface area (Å²) in [5, 5.41) is 0. The highest BCUT2D eigenvalue weighted by atomic mass is 32.1. The summed E-state index contributed by atoms with van der Waals surface area (Å²) in [7, 11) is 1.97. The smallest absolute Gasteiger partial charge is 0.127 e. The standard InChI is InChI=1S/C16H17FN2S/c1-19(11-14-4-2-3-5-15(14)17)10-12-6-8-13(9-7-12)16(18)20/h2-9H,10-11H2,1H3,(H2,18,20). The summed E-state index contributed by atoms with van der Waals surface area (Å²) >= 11 is 4.92. The molecule has 0 atom stereocenters. The first-order chi connectivity index (χ1) is 9.56. The van der Waals surface area contributed by atoms with E-state index in [4.69, 9.17) is 18.0 Å². The van der Waals surface area contributed by atoms with E-state index in [0.29, 0.717) is 17.1 Å². The van der Waals surface area contributed by atoms with Gasteiger partial charge in [0.05, 0.1) is 0 Å². The number of thiocarbonyl (C=S) groups is 1. The lowest BCUT2D eigenvalue weighted by atomic mass is 10.1. The summed E-state index contributed by atoms with van der Waals surface area (Å²) in [5.74, 6) is -0.164. The Bertz CT molecular complexity index is 596. The SMILES string of the molecule is CN(Cc1ccc(C(N)=S)cc1)Cc1ccccc1F. The molecular formula is C16H17FN2S. The van der Waals surface area contributed by atoms with Crippen LogP contribution in [0.2, 0.25) is 0 Å². The molecular weight excluding hydrogens is 271 g/mol. The molecule has 0 heterocycles. The van der Waals surface area contributed by atoms with E-state index in [-0.39, 0.29) is 5.82 Å². The van der Waals surface area contributed by atoms with Crippen LogP contribution in [0.5, 0.6) is 0 Å². The zero-order valence-corrected chi connectivity index (χ0v) is 12.2. The Morgan fingerprint density at radius 3 is 2.35 bits per heavy atom. The molecule has 0 aliphatic rings. The normalized spacial score (nSPS) is 10.8. The fourth-order valence-electron chi connectivity index (χ4n) is 2.06. The zero-order chi connectivity index (χ0) is 14.5. The van der Waals surface area contributed by atoms with Gasteiger partial charge in [-0.3, -0.25) is 4.90 Å². The molecule has 0 saturated heterocycles. The van der Waals surface area contributed by atoms with Gasteiger partial charge < -0.3 is 5.73 Å². The summed E-state index contributed by atoms with van der Waals surface area (Å²) in [5.41, 5.74) is 8.27. The number of hydrogen-bond acceptors (Lipinski definition) is 2. The third-order valence-corrected chi connectivity index (χ3v) is 3.32. The third kappa shape index (κ3) is 3.85. The van der Waals surface area contributed by atoms with Crippen molar-refractivity contribution >= 4 is 17.2 Å². The molecule has 0 aliphatic heterocycles. The summed E-state index contributed by atoms with van der Waals surface area (Å²) in [6, 6.07) is 14.7. The first kappa shape index (κ1) is 14.6. The lowest BCUT2D eigenvalue weighted by Gasteiger charge is -2.17. The summed E-state index contributed by atoms with van der Waals surface area (Å²) in [4.78, 5) is 2.46. The molecule has 20 heavy (non-hydrogen) atoms. The molecule has 2 N–H and O–H groups in total. The second-order valence-corrected chi connectivity index (χ2v) is 5.26. The van der Waals surface area contributed by atoms with Crippen LogP contribution < -0.4 is 5.73 Å². The van der Waals surface area contributed by atoms with Gasteiger partial charge in [-0.05, 0) is 18.7 Å². The van der Waals surface area contributed by atoms with Gasteiger partial charge in [-0.25, -0.2) is 4.39 Å². The Kier molecular flexibility index (Phi) is 4.82. The maximum Gasteiger partial charge on any atom is 0.127 e. The largest absolute Gasteiger partial charge is 0.389 e. The van der Waals surface area contributed by atoms with Crippen molar-refractivity contribution < 1.29 is 4.39 Å². The van der Waals surface area contributed by atoms with Crippen LogP contribution in [-0.2, 0) is 13.1 Å². The molecule has 2 aromatic carbocycles. The molecule has 0 spiro atoms. The molecule has 2 nitrogen and oxygen atoms in total. The van der Waals surface area contributed by atoms with Gasteiger partial charge in [0, 0.05) is 24.2 Å². The van der Waals surface area contributed by atoms with Crippen LogP contribution >= 0.6 is 12.2 Å². The minimum absolute atomic E-state index is 0.164. The maximum atomic E-state index is 13.6. The molecule has 0 radical (unpaired) electrons. The van der Waals surface area contributed by atoms with E-state index >= 15 is 0 Å². The zero-order valence-electron chi connectivity index (χ0n) is 11.3. The van der Waals surface area contributed by atoms with Crippen LogP contribution in [0.3, 0.4) is 0 Å². The number of rotatable bonds is 5. The average Bonchev–Trinajstić information content (AvgIpc) is 2.42. The Morgan fingerprint density at radius 2 is 1.75 bits per heavy atom. The Balaban J connectivity index is 1.99. The fourth-order valence-corrected chi connectivity index (χ4v) is 2.20. The summed E-state index contributed by atoms with van der Waals surface area (Å²) in [6.07, 6.45) is 0. The first-order valence-corrected chi connectivity index (χ1v) is 6.78. The molecule has 0 saturated carbocycles. The minimum atomic E-state index is -0.164. The van der Waals surface area contributed by atoms with Gasteiger partial charge in [0.2, 0.25) is 0 Å². The van der Waals surface area contributed by atoms with E-state index in [1.54, 1.807) is 6.07 Å². The molecule has 104 valence electrons. The fraction of sp³-hybridized carbons (Fsp3) is 0.188. The third-order valence-electron chi connectivity index (χ3n) is 3.09. The van der Waals surface area contributed by atoms with Gasteiger partial charge >= 0.3 is 0 Å². The van der Waals surface area contributed by atoms with Crippen LogP contribution in [0.4, 0.5) is 4.39 Å². The molecule has 0 fully saturated rings. The summed E-state index contributed by atoms with van der Waals surface area (Å²) < 4.78 is 13.6. The van der Waals surface area contributed by atoms with Gasteiger partial charge in [-0.2, -0.15) is 0 Å². The van der Waals surface area contributed by atoms with Gasteiger partial charge in [0.25, 0.3) is 0 Å². The molecule has 0 aromatic heterocycles. The van der Waals surface area contributed by atoms with E-state index in [9.17, 15) is 4.39 Å². The Hall–Kier alpha value is -1.78. The molecule has 0 aliphatic carbocycles. The highest BCUT2D eigenvalue weighted by molar-refractivity contribution is 7.80. The number of hydrogen-bond donors (Lipinski definition) is 1. The van der Waals surface area contributed by atoms with Crippen molar-refractivity contribution in [1.82, 2.24) is 4.90 Å². The van der Waals surface area contributed by atoms with Crippen LogP contribution in [0.1, 0.15) is 16.7 Å². The number of nitrogens with two attached hydrogens (primary N) is 1. The van der Waals surface area contributed by atoms with E-state index in [2.05, 4.69) is 4.90 Å². The van der Waals surface area contributed by atoms with Crippen molar-refractivity contribution in [2.24, 2.45) is 5.73 Å². The van der Waals surface area contributed by atoms with Crippen LogP contribution in [0, 0.1) is 5.82 Å². The molecule has 4 heteroatoms. The number of nitrogens with zero attached hydrogens (tertiary/aromatic N) is 1. The van der Waals surface area contributed by atoms with Crippen molar-refractivity contribution in [1.29, 1.82) is 0 Å². The first-order valence-electron chi connectivity index (χ1n) is 6.37. The quantitative estimate of drug-likeness (QED) is 0.857. The molecule has 0 bridgehead atoms. The predicted molar refractivity (Wildman–Crippen MR) is 83.9 cm³/mol. The van der Waals surface area contributed by atoms with Crippen LogP contribution in [-0.4, -0.2) is 16.9 Å². The van der Waals surface area contributed by atoms with Gasteiger partial charge in [-0.15, -0.1) is 0 Å². The predicted octanol–water partition coefficient (Wildman–Crippen LogP) is 3.09. The van der Waals surface area contributed by atoms with E-state index in [1.807, 2.05) is 43.4 Å². The highest BCUT2D eigenvalue weighted by Crippen LogP contribution is 2.12. The minimum Gasteiger partial charge on any atom is -0.389 e. The van der Waals surface area contributed by atoms with Crippen molar-refractivity contribution in [2.75, 3.05) is 7.05 Å². The summed E-state index contributed by atoms with van der Waals surface area (Å²) in [6.45, 7) is 1.32. The second-order valence-electron chi connectivity index (χ2n) is 4.82. The molecule has 0 amide bonds. The number of halogens is 1. The average molecular weight is 288 g/mol. The maximum absolute atomic E-state index is 13.6. The Morgan fingerprint density at radius 1 is 1.10 bits per heavy atom. The van der Waals surface area contributed by atoms with Crippen molar-refractivity contribution in [3.63, 3.8) is 0 Å².